The predicted octanol–water partition coefficient (Wildman–Crippen LogP) is 2.53. The lowest BCUT2D eigenvalue weighted by Gasteiger charge is -2.61. The summed E-state index contributed by atoms with van der Waals surface area (Å²) in [7, 11) is 3.19. The van der Waals surface area contributed by atoms with Crippen LogP contribution in [0, 0.1) is 11.8 Å². The van der Waals surface area contributed by atoms with Crippen LogP contribution in [0.25, 0.3) is 0 Å². The van der Waals surface area contributed by atoms with Crippen molar-refractivity contribution < 1.29 is 19.4 Å². The van der Waals surface area contributed by atoms with Crippen LogP contribution < -0.4 is 0 Å². The third kappa shape index (κ3) is 1.97. The molecule has 0 unspecified atom stereocenters. The molecule has 6 nitrogen and oxygen atoms in total. The van der Waals surface area contributed by atoms with Crippen LogP contribution >= 0.6 is 0 Å². The van der Waals surface area contributed by atoms with Gasteiger partial charge in [0.2, 0.25) is 0 Å². The molecule has 0 aromatic heterocycles. The van der Waals surface area contributed by atoms with Gasteiger partial charge in [0.25, 0.3) is 0 Å². The van der Waals surface area contributed by atoms with E-state index in [2.05, 4.69) is 11.0 Å². The summed E-state index contributed by atoms with van der Waals surface area (Å²) in [5, 5.41) is 10.2. The first-order chi connectivity index (χ1) is 13.0. The number of benzene rings is 1. The summed E-state index contributed by atoms with van der Waals surface area (Å²) >= 11 is 0. The standard InChI is InChI=1S/C21H24N2O4/c1-4-11-10-23-16-8-13(11)18(20(25)27-3)21(9-17(23)26-2)14-7-12(24)5-6-15(14)22-19(16)21/h4-7,13,16-18,24H,8-10H2,1-3H3/b11-4-/t13-,16-,17-,18-,21-/m0/s1. The third-order valence-electron chi connectivity index (χ3n) is 7.09. The Morgan fingerprint density at radius 1 is 1.41 bits per heavy atom. The first-order valence-electron chi connectivity index (χ1n) is 9.49. The van der Waals surface area contributed by atoms with Crippen molar-refractivity contribution in [1.29, 1.82) is 0 Å². The number of hydrogen-bond donors (Lipinski definition) is 1. The van der Waals surface area contributed by atoms with Gasteiger partial charge in [-0.3, -0.25) is 14.7 Å². The molecule has 1 aromatic carbocycles. The van der Waals surface area contributed by atoms with Crippen molar-refractivity contribution in [3.8, 4) is 5.75 Å². The molecule has 2 saturated heterocycles. The van der Waals surface area contributed by atoms with Gasteiger partial charge in [-0.25, -0.2) is 0 Å². The summed E-state index contributed by atoms with van der Waals surface area (Å²) in [5.74, 6) is -0.242. The van der Waals surface area contributed by atoms with Crippen molar-refractivity contribution in [2.45, 2.75) is 37.5 Å². The number of ether oxygens (including phenoxy) is 2. The zero-order chi connectivity index (χ0) is 18.9. The zero-order valence-corrected chi connectivity index (χ0v) is 15.8. The van der Waals surface area contributed by atoms with Crippen LogP contribution in [0.15, 0.2) is 34.8 Å². The second-order valence-corrected chi connectivity index (χ2v) is 7.96. The Hall–Kier alpha value is -2.18. The van der Waals surface area contributed by atoms with E-state index in [1.807, 2.05) is 13.0 Å². The minimum Gasteiger partial charge on any atom is -0.508 e. The quantitative estimate of drug-likeness (QED) is 0.642. The van der Waals surface area contributed by atoms with Crippen molar-refractivity contribution >= 4 is 17.4 Å². The average Bonchev–Trinajstić information content (AvgIpc) is 3.01. The monoisotopic (exact) mass is 368 g/mol. The van der Waals surface area contributed by atoms with Crippen molar-refractivity contribution in [3.63, 3.8) is 0 Å². The number of carbonyl (C=O) groups is 1. The highest BCUT2D eigenvalue weighted by Crippen LogP contribution is 2.61. The minimum absolute atomic E-state index is 0.106. The second-order valence-electron chi connectivity index (χ2n) is 7.96. The molecule has 3 bridgehead atoms. The fraction of sp³-hybridized carbons (Fsp3) is 0.524. The van der Waals surface area contributed by atoms with E-state index >= 15 is 0 Å². The lowest BCUT2D eigenvalue weighted by molar-refractivity contribution is -0.158. The van der Waals surface area contributed by atoms with Gasteiger partial charge in [-0.05, 0) is 43.0 Å². The molecule has 0 amide bonds. The number of aromatic hydroxyl groups is 1. The third-order valence-corrected chi connectivity index (χ3v) is 7.09. The van der Waals surface area contributed by atoms with Crippen molar-refractivity contribution in [3.05, 3.63) is 35.4 Å². The van der Waals surface area contributed by atoms with E-state index in [9.17, 15) is 9.90 Å². The predicted molar refractivity (Wildman–Crippen MR) is 100 cm³/mol. The molecule has 5 atom stereocenters. The topological polar surface area (TPSA) is 71.4 Å². The van der Waals surface area contributed by atoms with Crippen LogP contribution in [-0.4, -0.2) is 54.7 Å². The molecule has 3 heterocycles. The largest absolute Gasteiger partial charge is 0.508 e. The van der Waals surface area contributed by atoms with Gasteiger partial charge in [-0.2, -0.15) is 0 Å². The molecule has 0 spiro atoms. The summed E-state index contributed by atoms with van der Waals surface area (Å²) in [6, 6.07) is 5.44. The molecule has 1 aromatic rings. The summed E-state index contributed by atoms with van der Waals surface area (Å²) in [5.41, 5.74) is 3.50. The van der Waals surface area contributed by atoms with Crippen molar-refractivity contribution in [2.24, 2.45) is 16.8 Å². The number of methoxy groups -OCH3 is 2. The van der Waals surface area contributed by atoms with Gasteiger partial charge in [0.05, 0.1) is 30.2 Å². The van der Waals surface area contributed by atoms with Crippen LogP contribution in [0.5, 0.6) is 5.75 Å². The lowest BCUT2D eigenvalue weighted by atomic mass is 9.50. The van der Waals surface area contributed by atoms with E-state index in [1.54, 1.807) is 19.2 Å². The number of aliphatic imine (C=N–C) groups is 1. The Kier molecular flexibility index (Phi) is 3.55. The van der Waals surface area contributed by atoms with Crippen LogP contribution in [0.3, 0.4) is 0 Å². The zero-order valence-electron chi connectivity index (χ0n) is 15.8. The summed E-state index contributed by atoms with van der Waals surface area (Å²) in [6.45, 7) is 2.82. The molecule has 27 heavy (non-hydrogen) atoms. The number of fused-ring (bicyclic) bond motifs is 2. The van der Waals surface area contributed by atoms with E-state index in [4.69, 9.17) is 14.5 Å². The van der Waals surface area contributed by atoms with Gasteiger partial charge in [-0.1, -0.05) is 11.6 Å². The number of carbonyl (C=O) groups excluding carboxylic acids is 1. The Morgan fingerprint density at radius 2 is 2.22 bits per heavy atom. The Bertz CT molecular complexity index is 892. The summed E-state index contributed by atoms with van der Waals surface area (Å²) < 4.78 is 11.2. The normalized spacial score (nSPS) is 37.7. The number of hydrogen-bond acceptors (Lipinski definition) is 6. The molecule has 3 aliphatic heterocycles. The maximum absolute atomic E-state index is 13.1. The highest BCUT2D eigenvalue weighted by Gasteiger charge is 2.67. The summed E-state index contributed by atoms with van der Waals surface area (Å²) in [6.07, 6.45) is 3.52. The van der Waals surface area contributed by atoms with Gasteiger partial charge in [0.15, 0.2) is 0 Å². The van der Waals surface area contributed by atoms with Crippen LogP contribution in [0.2, 0.25) is 0 Å². The Morgan fingerprint density at radius 3 is 2.93 bits per heavy atom. The SMILES string of the molecule is C/C=C1/CN2[C@@H](OC)C[C@]34C(=Nc5ccc(O)cc53)[C@@H]2C[C@@H]1[C@H]4C(=O)OC. The van der Waals surface area contributed by atoms with Crippen molar-refractivity contribution in [1.82, 2.24) is 4.90 Å². The van der Waals surface area contributed by atoms with Crippen molar-refractivity contribution in [2.75, 3.05) is 20.8 Å². The molecular weight excluding hydrogens is 344 g/mol. The Balaban J connectivity index is 1.81. The molecule has 5 rings (SSSR count). The molecule has 1 aliphatic carbocycles. The maximum Gasteiger partial charge on any atom is 0.310 e. The first-order valence-corrected chi connectivity index (χ1v) is 9.49. The molecule has 0 radical (unpaired) electrons. The number of phenolic OH excluding ortho intramolecular Hbond substituents is 1. The van der Waals surface area contributed by atoms with Gasteiger partial charge >= 0.3 is 5.97 Å². The van der Waals surface area contributed by atoms with E-state index in [0.29, 0.717) is 6.42 Å². The molecule has 1 saturated carbocycles. The van der Waals surface area contributed by atoms with Gasteiger partial charge in [0.1, 0.15) is 12.0 Å². The van der Waals surface area contributed by atoms with E-state index in [0.717, 1.165) is 29.9 Å². The highest BCUT2D eigenvalue weighted by molar-refractivity contribution is 6.10. The fourth-order valence-electron chi connectivity index (χ4n) is 6.03. The van der Waals surface area contributed by atoms with Gasteiger partial charge < -0.3 is 14.6 Å². The maximum atomic E-state index is 13.1. The number of rotatable bonds is 2. The number of allylic oxidation sites excluding steroid dienone is 1. The Labute approximate surface area is 158 Å². The number of esters is 1. The van der Waals surface area contributed by atoms with Crippen LogP contribution in [0.1, 0.15) is 25.3 Å². The molecule has 3 fully saturated rings. The van der Waals surface area contributed by atoms with Crippen LogP contribution in [-0.2, 0) is 19.7 Å². The average molecular weight is 368 g/mol. The molecule has 4 aliphatic rings. The molecule has 1 N–H and O–H groups in total. The van der Waals surface area contributed by atoms with Gasteiger partial charge in [0, 0.05) is 25.8 Å². The fourth-order valence-corrected chi connectivity index (χ4v) is 6.03. The first kappa shape index (κ1) is 17.0. The number of nitrogens with zero attached hydrogens (tertiary/aromatic N) is 2. The summed E-state index contributed by atoms with van der Waals surface area (Å²) in [4.78, 5) is 20.5. The number of phenols is 1. The van der Waals surface area contributed by atoms with E-state index < -0.39 is 5.41 Å². The van der Waals surface area contributed by atoms with Gasteiger partial charge in [-0.15, -0.1) is 0 Å². The molecule has 142 valence electrons. The van der Waals surface area contributed by atoms with E-state index in [1.165, 1.54) is 12.7 Å². The molecular formula is C21H24N2O4. The van der Waals surface area contributed by atoms with Crippen LogP contribution in [0.4, 0.5) is 5.69 Å². The number of piperidine rings is 2. The molecule has 6 heteroatoms. The minimum atomic E-state index is -0.583. The highest BCUT2D eigenvalue weighted by atomic mass is 16.5. The smallest absolute Gasteiger partial charge is 0.310 e. The van der Waals surface area contributed by atoms with E-state index in [-0.39, 0.29) is 35.8 Å². The lowest BCUT2D eigenvalue weighted by Crippen LogP contribution is -2.71. The second kappa shape index (κ2) is 5.66.